The van der Waals surface area contributed by atoms with E-state index in [1.54, 1.807) is 24.3 Å². The molecule has 0 bridgehead atoms. The van der Waals surface area contributed by atoms with Gasteiger partial charge in [0.15, 0.2) is 21.3 Å². The molecule has 0 heterocycles. The highest BCUT2D eigenvalue weighted by Crippen LogP contribution is 2.29. The van der Waals surface area contributed by atoms with E-state index in [-0.39, 0.29) is 4.91 Å². The Morgan fingerprint density at radius 2 is 2.11 bits per heavy atom. The Hall–Kier alpha value is -2.00. The summed E-state index contributed by atoms with van der Waals surface area (Å²) in [5.74, 6) is 1.06. The highest BCUT2D eigenvalue weighted by Gasteiger charge is 2.11. The normalized spacial score (nSPS) is 11.8. The van der Waals surface area contributed by atoms with Crippen molar-refractivity contribution in [1.82, 2.24) is 0 Å². The molecule has 0 saturated carbocycles. The van der Waals surface area contributed by atoms with Gasteiger partial charge < -0.3 is 9.47 Å². The van der Waals surface area contributed by atoms with Crippen LogP contribution in [0.1, 0.15) is 12.5 Å². The molecule has 0 fully saturated rings. The van der Waals surface area contributed by atoms with Crippen molar-refractivity contribution in [3.05, 3.63) is 28.7 Å². The Balaban J connectivity index is 3.24. The Morgan fingerprint density at radius 3 is 2.58 bits per heavy atom. The van der Waals surface area contributed by atoms with Gasteiger partial charge in [-0.05, 0) is 30.7 Å². The van der Waals surface area contributed by atoms with Gasteiger partial charge in [-0.1, -0.05) is 6.07 Å². The number of allylic oxidation sites excluding steroid dienone is 1. The number of hydrogen-bond acceptors (Lipinski definition) is 5. The van der Waals surface area contributed by atoms with E-state index in [0.29, 0.717) is 23.7 Å². The summed E-state index contributed by atoms with van der Waals surface area (Å²) in [6, 6.07) is 6.62. The summed E-state index contributed by atoms with van der Waals surface area (Å²) in [5, 5.41) is 8.83. The van der Waals surface area contributed by atoms with Crippen molar-refractivity contribution in [3.8, 4) is 17.6 Å². The Kier molecular flexibility index (Phi) is 4.95. The smallest absolute Gasteiger partial charge is 0.185 e. The maximum Gasteiger partial charge on any atom is 0.185 e. The minimum Gasteiger partial charge on any atom is -0.493 e. The van der Waals surface area contributed by atoms with Crippen LogP contribution in [0.3, 0.4) is 0 Å². The van der Waals surface area contributed by atoms with Crippen molar-refractivity contribution in [1.29, 1.82) is 5.26 Å². The molecule has 0 saturated heterocycles. The molecule has 0 aromatic heterocycles. The van der Waals surface area contributed by atoms with Crippen LogP contribution in [0, 0.1) is 11.3 Å². The first-order valence-electron chi connectivity index (χ1n) is 5.55. The number of nitrogens with zero attached hydrogens (tertiary/aromatic N) is 1. The summed E-state index contributed by atoms with van der Waals surface area (Å²) in [5.41, 5.74) is 0.558. The number of hydrogen-bond donors (Lipinski definition) is 0. The van der Waals surface area contributed by atoms with E-state index in [1.807, 2.05) is 6.92 Å². The molecule has 1 rings (SSSR count). The molecular formula is C13H15NO4S. The second-order valence-electron chi connectivity index (χ2n) is 3.74. The van der Waals surface area contributed by atoms with Crippen LogP contribution in [0.25, 0.3) is 6.08 Å². The van der Waals surface area contributed by atoms with Gasteiger partial charge in [-0.3, -0.25) is 0 Å². The van der Waals surface area contributed by atoms with E-state index < -0.39 is 9.84 Å². The van der Waals surface area contributed by atoms with Crippen molar-refractivity contribution in [3.63, 3.8) is 0 Å². The summed E-state index contributed by atoms with van der Waals surface area (Å²) < 4.78 is 33.2. The van der Waals surface area contributed by atoms with E-state index in [1.165, 1.54) is 13.2 Å². The topological polar surface area (TPSA) is 76.4 Å². The van der Waals surface area contributed by atoms with Gasteiger partial charge in [0.05, 0.1) is 13.7 Å². The Morgan fingerprint density at radius 1 is 1.42 bits per heavy atom. The third-order valence-electron chi connectivity index (χ3n) is 2.29. The van der Waals surface area contributed by atoms with Crippen molar-refractivity contribution >= 4 is 15.9 Å². The van der Waals surface area contributed by atoms with E-state index in [0.717, 1.165) is 6.26 Å². The van der Waals surface area contributed by atoms with Crippen LogP contribution in [0.15, 0.2) is 23.1 Å². The van der Waals surface area contributed by atoms with Crippen LogP contribution >= 0.6 is 0 Å². The maximum absolute atomic E-state index is 11.3. The van der Waals surface area contributed by atoms with Gasteiger partial charge in [-0.25, -0.2) is 8.42 Å². The molecule has 0 amide bonds. The second kappa shape index (κ2) is 6.25. The van der Waals surface area contributed by atoms with Crippen molar-refractivity contribution in [2.24, 2.45) is 0 Å². The largest absolute Gasteiger partial charge is 0.493 e. The molecular weight excluding hydrogens is 266 g/mol. The summed E-state index contributed by atoms with van der Waals surface area (Å²) in [6.45, 7) is 2.35. The van der Waals surface area contributed by atoms with E-state index in [4.69, 9.17) is 14.7 Å². The van der Waals surface area contributed by atoms with E-state index in [9.17, 15) is 8.42 Å². The SMILES string of the molecule is CCOc1ccc(/C=C(\C#N)S(C)(=O)=O)cc1OC. The summed E-state index contributed by atoms with van der Waals surface area (Å²) in [6.07, 6.45) is 2.29. The summed E-state index contributed by atoms with van der Waals surface area (Å²) in [7, 11) is -2.03. The first-order chi connectivity index (χ1) is 8.92. The zero-order valence-corrected chi connectivity index (χ0v) is 11.8. The first-order valence-corrected chi connectivity index (χ1v) is 7.44. The number of methoxy groups -OCH3 is 1. The predicted octanol–water partition coefficient (Wildman–Crippen LogP) is 2.00. The van der Waals surface area contributed by atoms with Crippen LogP contribution in [0.2, 0.25) is 0 Å². The van der Waals surface area contributed by atoms with Gasteiger partial charge in [0.2, 0.25) is 0 Å². The number of benzene rings is 1. The third-order valence-corrected chi connectivity index (χ3v) is 3.30. The Labute approximate surface area is 113 Å². The molecule has 0 spiro atoms. The Bertz CT molecular complexity index is 627. The van der Waals surface area contributed by atoms with Gasteiger partial charge in [0.25, 0.3) is 0 Å². The average Bonchev–Trinajstić information content (AvgIpc) is 2.36. The molecule has 0 radical (unpaired) electrons. The number of nitriles is 1. The van der Waals surface area contributed by atoms with Crippen LogP contribution in [0.5, 0.6) is 11.5 Å². The summed E-state index contributed by atoms with van der Waals surface area (Å²) >= 11 is 0. The molecule has 0 aliphatic heterocycles. The molecule has 19 heavy (non-hydrogen) atoms. The van der Waals surface area contributed by atoms with Gasteiger partial charge >= 0.3 is 0 Å². The molecule has 0 N–H and O–H groups in total. The fourth-order valence-electron chi connectivity index (χ4n) is 1.42. The number of ether oxygens (including phenoxy) is 2. The maximum atomic E-state index is 11.3. The first kappa shape index (κ1) is 15.1. The van der Waals surface area contributed by atoms with Gasteiger partial charge in [0, 0.05) is 6.26 Å². The monoisotopic (exact) mass is 281 g/mol. The van der Waals surface area contributed by atoms with E-state index >= 15 is 0 Å². The highest BCUT2D eigenvalue weighted by molar-refractivity contribution is 7.95. The average molecular weight is 281 g/mol. The summed E-state index contributed by atoms with van der Waals surface area (Å²) in [4.78, 5) is -0.293. The molecule has 0 aliphatic carbocycles. The molecule has 6 heteroatoms. The van der Waals surface area contributed by atoms with Gasteiger partial charge in [-0.2, -0.15) is 5.26 Å². The van der Waals surface area contributed by atoms with Crippen LogP contribution in [0.4, 0.5) is 0 Å². The molecule has 0 aliphatic rings. The lowest BCUT2D eigenvalue weighted by Crippen LogP contribution is -1.99. The molecule has 1 aromatic rings. The van der Waals surface area contributed by atoms with Gasteiger partial charge in [0.1, 0.15) is 11.0 Å². The number of sulfone groups is 1. The second-order valence-corrected chi connectivity index (χ2v) is 5.72. The molecule has 102 valence electrons. The lowest BCUT2D eigenvalue weighted by atomic mass is 10.2. The molecule has 5 nitrogen and oxygen atoms in total. The van der Waals surface area contributed by atoms with Crippen LogP contribution < -0.4 is 9.47 Å². The predicted molar refractivity (Wildman–Crippen MR) is 72.6 cm³/mol. The molecule has 0 atom stereocenters. The standard InChI is InChI=1S/C13H15NO4S/c1-4-18-12-6-5-10(8-13(12)17-2)7-11(9-14)19(3,15)16/h5-8H,4H2,1-3H3/b11-7+. The fraction of sp³-hybridized carbons (Fsp3) is 0.308. The minimum atomic E-state index is -3.53. The fourth-order valence-corrected chi connectivity index (χ4v) is 1.94. The van der Waals surface area contributed by atoms with Gasteiger partial charge in [-0.15, -0.1) is 0 Å². The molecule has 1 aromatic carbocycles. The van der Waals surface area contributed by atoms with E-state index in [2.05, 4.69) is 0 Å². The third kappa shape index (κ3) is 4.00. The lowest BCUT2D eigenvalue weighted by molar-refractivity contribution is 0.311. The van der Waals surface area contributed by atoms with Crippen LogP contribution in [-0.4, -0.2) is 28.4 Å². The quantitative estimate of drug-likeness (QED) is 0.771. The highest BCUT2D eigenvalue weighted by atomic mass is 32.2. The van der Waals surface area contributed by atoms with Crippen molar-refractivity contribution in [2.45, 2.75) is 6.92 Å². The molecule has 0 unspecified atom stereocenters. The zero-order valence-electron chi connectivity index (χ0n) is 11.0. The zero-order chi connectivity index (χ0) is 14.5. The number of rotatable bonds is 5. The van der Waals surface area contributed by atoms with Crippen molar-refractivity contribution in [2.75, 3.05) is 20.0 Å². The van der Waals surface area contributed by atoms with Crippen LogP contribution in [-0.2, 0) is 9.84 Å². The minimum absolute atomic E-state index is 0.293. The lowest BCUT2D eigenvalue weighted by Gasteiger charge is -2.09. The van der Waals surface area contributed by atoms with Crippen molar-refractivity contribution < 1.29 is 17.9 Å².